The van der Waals surface area contributed by atoms with Crippen LogP contribution >= 0.6 is 23.2 Å². The van der Waals surface area contributed by atoms with Gasteiger partial charge in [0.1, 0.15) is 5.52 Å². The maximum absolute atomic E-state index is 13.2. The number of rotatable bonds is 8. The topological polar surface area (TPSA) is 83.7 Å². The van der Waals surface area contributed by atoms with E-state index in [4.69, 9.17) is 41.8 Å². The van der Waals surface area contributed by atoms with E-state index in [-0.39, 0.29) is 35.9 Å². The van der Waals surface area contributed by atoms with Gasteiger partial charge in [0.2, 0.25) is 11.6 Å². The second-order valence-corrected chi connectivity index (χ2v) is 7.54. The van der Waals surface area contributed by atoms with E-state index in [0.717, 1.165) is 0 Å². The number of benzene rings is 2. The van der Waals surface area contributed by atoms with E-state index in [1.165, 1.54) is 26.6 Å². The number of methoxy groups -OCH3 is 2. The largest absolute Gasteiger partial charge is 0.493 e. The van der Waals surface area contributed by atoms with E-state index in [0.29, 0.717) is 38.3 Å². The molecule has 0 saturated carbocycles. The highest BCUT2D eigenvalue weighted by Crippen LogP contribution is 2.41. The number of oxazole rings is 1. The molecule has 0 amide bonds. The van der Waals surface area contributed by atoms with Gasteiger partial charge in [0.15, 0.2) is 29.5 Å². The third-order valence-corrected chi connectivity index (χ3v) is 5.42. The fourth-order valence-electron chi connectivity index (χ4n) is 3.24. The van der Waals surface area contributed by atoms with Gasteiger partial charge in [0, 0.05) is 24.4 Å². The van der Waals surface area contributed by atoms with Gasteiger partial charge < -0.3 is 18.6 Å². The molecule has 2 heterocycles. The molecule has 9 heteroatoms. The summed E-state index contributed by atoms with van der Waals surface area (Å²) in [6, 6.07) is 10.6. The van der Waals surface area contributed by atoms with Crippen molar-refractivity contribution in [3.63, 3.8) is 0 Å². The van der Waals surface area contributed by atoms with Crippen molar-refractivity contribution in [3.05, 3.63) is 75.9 Å². The minimum Gasteiger partial charge on any atom is -0.493 e. The molecule has 0 N–H and O–H groups in total. The van der Waals surface area contributed by atoms with Gasteiger partial charge in [-0.05, 0) is 24.3 Å². The van der Waals surface area contributed by atoms with E-state index < -0.39 is 0 Å². The van der Waals surface area contributed by atoms with E-state index in [2.05, 4.69) is 9.97 Å². The summed E-state index contributed by atoms with van der Waals surface area (Å²) in [6.07, 6.45) is 2.83. The van der Waals surface area contributed by atoms with Crippen LogP contribution in [0.2, 0.25) is 10.0 Å². The molecule has 32 heavy (non-hydrogen) atoms. The van der Waals surface area contributed by atoms with Crippen molar-refractivity contribution < 1.29 is 23.4 Å². The first-order valence-corrected chi connectivity index (χ1v) is 10.3. The molecular formula is C23H18Cl2N2O5. The van der Waals surface area contributed by atoms with Gasteiger partial charge in [0.05, 0.1) is 29.8 Å². The molecule has 2 aromatic carbocycles. The number of hydrogen-bond donors (Lipinski definition) is 0. The summed E-state index contributed by atoms with van der Waals surface area (Å²) in [5.41, 5.74) is 2.11. The van der Waals surface area contributed by atoms with Gasteiger partial charge in [-0.15, -0.1) is 0 Å². The molecule has 0 aliphatic heterocycles. The molecule has 4 aromatic rings. The maximum atomic E-state index is 13.2. The molecule has 0 radical (unpaired) electrons. The lowest BCUT2D eigenvalue weighted by molar-refractivity contribution is 0.0986. The van der Waals surface area contributed by atoms with Crippen LogP contribution in [0.25, 0.3) is 11.1 Å². The normalized spacial score (nSPS) is 10.9. The predicted molar refractivity (Wildman–Crippen MR) is 120 cm³/mol. The molecule has 0 aliphatic carbocycles. The summed E-state index contributed by atoms with van der Waals surface area (Å²) < 4.78 is 22.5. The zero-order valence-electron chi connectivity index (χ0n) is 17.2. The minimum absolute atomic E-state index is 0.0186. The Morgan fingerprint density at radius 3 is 2.44 bits per heavy atom. The Hall–Kier alpha value is -3.29. The molecule has 0 unspecified atom stereocenters. The zero-order chi connectivity index (χ0) is 22.7. The molecule has 164 valence electrons. The lowest BCUT2D eigenvalue weighted by Crippen LogP contribution is -2.10. The molecule has 2 aromatic heterocycles. The van der Waals surface area contributed by atoms with Gasteiger partial charge in [-0.2, -0.15) is 0 Å². The van der Waals surface area contributed by atoms with Crippen molar-refractivity contribution in [2.24, 2.45) is 0 Å². The van der Waals surface area contributed by atoms with Crippen LogP contribution in [0.15, 0.2) is 53.2 Å². The lowest BCUT2D eigenvalue weighted by Gasteiger charge is -2.16. The average molecular weight is 473 g/mol. The van der Waals surface area contributed by atoms with Crippen molar-refractivity contribution in [2.75, 3.05) is 14.2 Å². The summed E-state index contributed by atoms with van der Waals surface area (Å²) >= 11 is 12.4. The molecule has 7 nitrogen and oxygen atoms in total. The Morgan fingerprint density at radius 1 is 1.00 bits per heavy atom. The number of hydrogen-bond acceptors (Lipinski definition) is 7. The number of ketones is 1. The second kappa shape index (κ2) is 9.46. The molecular weight excluding hydrogens is 455 g/mol. The molecule has 0 fully saturated rings. The number of nitrogens with zero attached hydrogens (tertiary/aromatic N) is 2. The van der Waals surface area contributed by atoms with Crippen LogP contribution in [-0.2, 0) is 13.0 Å². The number of halogens is 2. The summed E-state index contributed by atoms with van der Waals surface area (Å²) in [5.74, 6) is 0.988. The van der Waals surface area contributed by atoms with Crippen LogP contribution in [0.5, 0.6) is 17.2 Å². The Labute approximate surface area is 193 Å². The molecule has 0 bridgehead atoms. The first kappa shape index (κ1) is 21.9. The number of ether oxygens (including phenoxy) is 3. The number of fused-ring (bicyclic) bond motifs is 1. The monoisotopic (exact) mass is 472 g/mol. The zero-order valence-corrected chi connectivity index (χ0v) is 18.7. The van der Waals surface area contributed by atoms with Crippen LogP contribution < -0.4 is 14.2 Å². The molecule has 0 saturated heterocycles. The van der Waals surface area contributed by atoms with E-state index in [1.807, 2.05) is 24.3 Å². The predicted octanol–water partition coefficient (Wildman–Crippen LogP) is 5.55. The van der Waals surface area contributed by atoms with Crippen molar-refractivity contribution in [2.45, 2.75) is 13.0 Å². The van der Waals surface area contributed by atoms with Crippen molar-refractivity contribution >= 4 is 40.1 Å². The Kier molecular flexibility index (Phi) is 6.48. The van der Waals surface area contributed by atoms with Crippen LogP contribution in [0.3, 0.4) is 0 Å². The number of aromatic nitrogens is 2. The minimum atomic E-state index is -0.270. The summed E-state index contributed by atoms with van der Waals surface area (Å²) in [4.78, 5) is 21.5. The third-order valence-electron chi connectivity index (χ3n) is 4.77. The number of carbonyl (C=O) groups is 1. The third kappa shape index (κ3) is 4.35. The quantitative estimate of drug-likeness (QED) is 0.310. The first-order chi connectivity index (χ1) is 15.5. The highest BCUT2D eigenvalue weighted by Gasteiger charge is 2.23. The standard InChI is InChI=1S/C23H18Cl2N2O5/c1-29-20-8-7-13(18(28)9-14-15(24)10-26-11-16(14)25)22(23(20)30-2)31-12-21-27-17-5-3-4-6-19(17)32-21/h3-8,10-11H,9,12H2,1-2H3. The Balaban J connectivity index is 1.68. The Morgan fingerprint density at radius 2 is 1.75 bits per heavy atom. The molecule has 0 aliphatic rings. The van der Waals surface area contributed by atoms with E-state index >= 15 is 0 Å². The van der Waals surface area contributed by atoms with Crippen LogP contribution in [0.4, 0.5) is 0 Å². The number of Topliss-reactive ketones (excluding diaryl/α,β-unsaturated/α-hetero) is 1. The van der Waals surface area contributed by atoms with Gasteiger partial charge in [0.25, 0.3) is 0 Å². The van der Waals surface area contributed by atoms with Crippen LogP contribution in [0, 0.1) is 0 Å². The summed E-state index contributed by atoms with van der Waals surface area (Å²) in [6.45, 7) is -0.0186. The van der Waals surface area contributed by atoms with Crippen molar-refractivity contribution in [1.82, 2.24) is 9.97 Å². The SMILES string of the molecule is COc1ccc(C(=O)Cc2c(Cl)cncc2Cl)c(OCc2nc3ccccc3o2)c1OC. The van der Waals surface area contributed by atoms with Gasteiger partial charge >= 0.3 is 0 Å². The molecule has 0 spiro atoms. The van der Waals surface area contributed by atoms with Gasteiger partial charge in [-0.3, -0.25) is 9.78 Å². The summed E-state index contributed by atoms with van der Waals surface area (Å²) in [7, 11) is 2.97. The Bertz CT molecular complexity index is 1240. The fraction of sp³-hybridized carbons (Fsp3) is 0.174. The number of pyridine rings is 1. The maximum Gasteiger partial charge on any atom is 0.233 e. The smallest absolute Gasteiger partial charge is 0.233 e. The fourth-order valence-corrected chi connectivity index (χ4v) is 3.74. The highest BCUT2D eigenvalue weighted by molar-refractivity contribution is 6.36. The average Bonchev–Trinajstić information content (AvgIpc) is 3.22. The number of carbonyl (C=O) groups excluding carboxylic acids is 1. The second-order valence-electron chi connectivity index (χ2n) is 6.72. The first-order valence-electron chi connectivity index (χ1n) is 9.55. The van der Waals surface area contributed by atoms with Crippen LogP contribution in [0.1, 0.15) is 21.8 Å². The van der Waals surface area contributed by atoms with Gasteiger partial charge in [-0.25, -0.2) is 4.98 Å². The van der Waals surface area contributed by atoms with E-state index in [9.17, 15) is 4.79 Å². The summed E-state index contributed by atoms with van der Waals surface area (Å²) in [5, 5.41) is 0.612. The molecule has 4 rings (SSSR count). The van der Waals surface area contributed by atoms with Crippen molar-refractivity contribution in [3.8, 4) is 17.2 Å². The highest BCUT2D eigenvalue weighted by atomic mass is 35.5. The van der Waals surface area contributed by atoms with Crippen LogP contribution in [-0.4, -0.2) is 30.0 Å². The number of para-hydroxylation sites is 2. The lowest BCUT2D eigenvalue weighted by atomic mass is 10.0. The molecule has 0 atom stereocenters. The van der Waals surface area contributed by atoms with Gasteiger partial charge in [-0.1, -0.05) is 35.3 Å². The van der Waals surface area contributed by atoms with E-state index in [1.54, 1.807) is 12.1 Å². The van der Waals surface area contributed by atoms with Crippen molar-refractivity contribution in [1.29, 1.82) is 0 Å².